The number of nitrogens with one attached hydrogen (secondary N) is 2. The zero-order chi connectivity index (χ0) is 39.8. The van der Waals surface area contributed by atoms with Crippen molar-refractivity contribution in [3.8, 4) is 0 Å². The SMILES string of the molecule is CC(=O)c1c(C)c2cnc(Nc3ccc(N4CCN(CCC5CCN(c6c(C)ccc(N7CCC(=O)NC7=O)c6Cl)CC5)CC4)cn3)nc2n(C2CCCC2)c1=O. The van der Waals surface area contributed by atoms with E-state index < -0.39 is 6.03 Å². The van der Waals surface area contributed by atoms with Gasteiger partial charge >= 0.3 is 6.03 Å². The molecule has 4 fully saturated rings. The summed E-state index contributed by atoms with van der Waals surface area (Å²) in [4.78, 5) is 73.2. The number of hydrogen-bond acceptors (Lipinski definition) is 11. The fourth-order valence-electron chi connectivity index (χ4n) is 9.15. The number of Topliss-reactive ketones (excluding diaryl/α,β-unsaturated/α-hetero) is 1. The van der Waals surface area contributed by atoms with Crippen molar-refractivity contribution in [1.29, 1.82) is 0 Å². The number of aryl methyl sites for hydroxylation is 2. The van der Waals surface area contributed by atoms with E-state index in [1.54, 1.807) is 22.6 Å². The second-order valence-corrected chi connectivity index (χ2v) is 16.4. The molecule has 14 nitrogen and oxygen atoms in total. The number of benzene rings is 1. The Hall–Kier alpha value is -5.08. The molecule has 1 aromatic carbocycles. The van der Waals surface area contributed by atoms with Gasteiger partial charge in [-0.1, -0.05) is 30.5 Å². The van der Waals surface area contributed by atoms with E-state index in [-0.39, 0.29) is 35.3 Å². The topological polar surface area (TPSA) is 149 Å². The van der Waals surface area contributed by atoms with Gasteiger partial charge in [-0.15, -0.1) is 0 Å². The molecule has 4 aliphatic rings. The monoisotopic (exact) mass is 794 g/mol. The summed E-state index contributed by atoms with van der Waals surface area (Å²) in [6.45, 7) is 12.4. The Morgan fingerprint density at radius 2 is 1.65 bits per heavy atom. The van der Waals surface area contributed by atoms with Gasteiger partial charge in [0.05, 0.1) is 33.8 Å². The van der Waals surface area contributed by atoms with Crippen molar-refractivity contribution < 1.29 is 14.4 Å². The number of carbonyl (C=O) groups is 3. The molecule has 3 aliphatic heterocycles. The van der Waals surface area contributed by atoms with Crippen molar-refractivity contribution in [1.82, 2.24) is 29.7 Å². The van der Waals surface area contributed by atoms with Gasteiger partial charge in [-0.25, -0.2) is 14.8 Å². The molecular formula is C42H51ClN10O4. The molecule has 2 N–H and O–H groups in total. The number of urea groups is 1. The van der Waals surface area contributed by atoms with Crippen LogP contribution in [0.15, 0.2) is 41.5 Å². The summed E-state index contributed by atoms with van der Waals surface area (Å²) in [6, 6.07) is 7.50. The van der Waals surface area contributed by atoms with Crippen LogP contribution in [0, 0.1) is 19.8 Å². The Labute approximate surface area is 337 Å². The Morgan fingerprint density at radius 1 is 0.895 bits per heavy atom. The minimum Gasteiger partial charge on any atom is -0.370 e. The first-order chi connectivity index (χ1) is 27.5. The highest BCUT2D eigenvalue weighted by Gasteiger charge is 2.30. The van der Waals surface area contributed by atoms with Gasteiger partial charge in [-0.05, 0) is 94.7 Å². The summed E-state index contributed by atoms with van der Waals surface area (Å²) >= 11 is 6.95. The van der Waals surface area contributed by atoms with Crippen LogP contribution in [-0.4, -0.2) is 94.5 Å². The molecule has 0 unspecified atom stereocenters. The third-order valence-electron chi connectivity index (χ3n) is 12.4. The van der Waals surface area contributed by atoms with E-state index in [0.29, 0.717) is 46.1 Å². The average Bonchev–Trinajstić information content (AvgIpc) is 3.73. The van der Waals surface area contributed by atoms with E-state index >= 15 is 0 Å². The van der Waals surface area contributed by atoms with Gasteiger partial charge in [-0.2, -0.15) is 4.98 Å². The number of nitrogens with zero attached hydrogens (tertiary/aromatic N) is 8. The van der Waals surface area contributed by atoms with Crippen LogP contribution in [-0.2, 0) is 4.79 Å². The van der Waals surface area contributed by atoms with Crippen molar-refractivity contribution in [2.75, 3.05) is 72.4 Å². The zero-order valence-electron chi connectivity index (χ0n) is 33.0. The highest BCUT2D eigenvalue weighted by atomic mass is 35.5. The molecule has 3 saturated heterocycles. The Balaban J connectivity index is 0.830. The number of halogens is 1. The maximum Gasteiger partial charge on any atom is 0.328 e. The smallest absolute Gasteiger partial charge is 0.328 e. The minimum absolute atomic E-state index is 0.0195. The fraction of sp³-hybridized carbons (Fsp3) is 0.500. The molecule has 6 heterocycles. The Morgan fingerprint density at radius 3 is 2.33 bits per heavy atom. The molecule has 0 spiro atoms. The lowest BCUT2D eigenvalue weighted by atomic mass is 9.92. The molecule has 15 heteroatoms. The van der Waals surface area contributed by atoms with Crippen molar-refractivity contribution in [2.24, 2.45) is 5.92 Å². The van der Waals surface area contributed by atoms with Crippen LogP contribution in [0.25, 0.3) is 11.0 Å². The lowest BCUT2D eigenvalue weighted by Crippen LogP contribution is -2.49. The number of amides is 3. The number of imide groups is 1. The molecule has 0 atom stereocenters. The average molecular weight is 795 g/mol. The summed E-state index contributed by atoms with van der Waals surface area (Å²) in [5.74, 6) is 1.13. The number of ketones is 1. The number of carbonyl (C=O) groups excluding carboxylic acids is 3. The summed E-state index contributed by atoms with van der Waals surface area (Å²) in [6.07, 6.45) is 11.1. The standard InChI is InChI=1S/C42H51ClN10O4/c1-26-8-10-33(52-19-15-35(55)47-42(52)57)37(43)38(26)51-17-13-29(14-18-51)12-16-49-20-22-50(23-21-49)31-9-11-34(44-24-31)46-41-45-25-32-27(2)36(28(3)54)40(56)53(39(32)48-41)30-6-4-5-7-30/h8-11,24-25,29-30H,4-7,12-23H2,1-3H3,(H,47,55,57)(H,44,45,46,48). The van der Waals surface area contributed by atoms with Crippen LogP contribution in [0.1, 0.15) is 85.8 Å². The van der Waals surface area contributed by atoms with Crippen LogP contribution in [0.4, 0.5) is 33.6 Å². The number of fused-ring (bicyclic) bond motifs is 1. The number of anilines is 5. The van der Waals surface area contributed by atoms with E-state index in [4.69, 9.17) is 16.6 Å². The molecule has 300 valence electrons. The van der Waals surface area contributed by atoms with Crippen LogP contribution in [0.3, 0.4) is 0 Å². The van der Waals surface area contributed by atoms with Crippen molar-refractivity contribution >= 4 is 69.2 Å². The highest BCUT2D eigenvalue weighted by molar-refractivity contribution is 6.37. The lowest BCUT2D eigenvalue weighted by molar-refractivity contribution is -0.120. The van der Waals surface area contributed by atoms with Crippen LogP contribution >= 0.6 is 11.6 Å². The van der Waals surface area contributed by atoms with E-state index in [1.165, 1.54) is 6.92 Å². The molecule has 1 saturated carbocycles. The number of hydrogen-bond donors (Lipinski definition) is 2. The molecule has 8 rings (SSSR count). The van der Waals surface area contributed by atoms with Crippen molar-refractivity contribution in [2.45, 2.75) is 78.2 Å². The number of pyridine rings is 2. The third kappa shape index (κ3) is 7.94. The second kappa shape index (κ2) is 16.4. The first-order valence-corrected chi connectivity index (χ1v) is 20.7. The van der Waals surface area contributed by atoms with Gasteiger partial charge in [-0.3, -0.25) is 34.1 Å². The summed E-state index contributed by atoms with van der Waals surface area (Å²) in [5, 5.41) is 6.92. The zero-order valence-corrected chi connectivity index (χ0v) is 33.8. The van der Waals surface area contributed by atoms with Crippen LogP contribution in [0.5, 0.6) is 0 Å². The van der Waals surface area contributed by atoms with Crippen LogP contribution < -0.4 is 30.9 Å². The predicted octanol–water partition coefficient (Wildman–Crippen LogP) is 6.39. The van der Waals surface area contributed by atoms with Gasteiger partial charge in [0.25, 0.3) is 5.56 Å². The molecule has 1 aliphatic carbocycles. The molecule has 3 aromatic heterocycles. The first-order valence-electron chi connectivity index (χ1n) is 20.3. The van der Waals surface area contributed by atoms with Gasteiger partial charge in [0.1, 0.15) is 11.5 Å². The van der Waals surface area contributed by atoms with E-state index in [0.717, 1.165) is 113 Å². The van der Waals surface area contributed by atoms with E-state index in [2.05, 4.69) is 48.3 Å². The Kier molecular flexibility index (Phi) is 11.2. The van der Waals surface area contributed by atoms with Crippen molar-refractivity contribution in [3.63, 3.8) is 0 Å². The van der Waals surface area contributed by atoms with Gasteiger partial charge < -0.3 is 15.1 Å². The number of piperidine rings is 1. The molecular weight excluding hydrogens is 744 g/mol. The van der Waals surface area contributed by atoms with Crippen LogP contribution in [0.2, 0.25) is 5.02 Å². The van der Waals surface area contributed by atoms with Gasteiger partial charge in [0, 0.05) is 69.9 Å². The molecule has 57 heavy (non-hydrogen) atoms. The van der Waals surface area contributed by atoms with Crippen molar-refractivity contribution in [3.05, 3.63) is 68.7 Å². The van der Waals surface area contributed by atoms with Gasteiger partial charge in [0.15, 0.2) is 5.78 Å². The number of piperazine rings is 1. The maximum absolute atomic E-state index is 13.6. The van der Waals surface area contributed by atoms with Gasteiger partial charge in [0.2, 0.25) is 11.9 Å². The fourth-order valence-corrected chi connectivity index (χ4v) is 9.59. The lowest BCUT2D eigenvalue weighted by Gasteiger charge is -2.38. The predicted molar refractivity (Wildman–Crippen MR) is 223 cm³/mol. The molecule has 0 radical (unpaired) electrons. The van der Waals surface area contributed by atoms with E-state index in [1.807, 2.05) is 24.4 Å². The number of rotatable bonds is 10. The maximum atomic E-state index is 13.6. The highest BCUT2D eigenvalue weighted by Crippen LogP contribution is 2.40. The summed E-state index contributed by atoms with van der Waals surface area (Å²) in [5.41, 5.74) is 4.93. The number of aromatic nitrogens is 4. The summed E-state index contributed by atoms with van der Waals surface area (Å²) < 4.78 is 1.72. The summed E-state index contributed by atoms with van der Waals surface area (Å²) in [7, 11) is 0. The quantitative estimate of drug-likeness (QED) is 0.172. The first kappa shape index (κ1) is 38.8. The normalized spacial score (nSPS) is 18.8. The third-order valence-corrected chi connectivity index (χ3v) is 12.8. The van der Waals surface area contributed by atoms with E-state index in [9.17, 15) is 19.2 Å². The molecule has 0 bridgehead atoms. The molecule has 3 amide bonds. The minimum atomic E-state index is -0.422. The largest absolute Gasteiger partial charge is 0.370 e. The molecule has 4 aromatic rings. The Bertz CT molecular complexity index is 2240. The second-order valence-electron chi connectivity index (χ2n) is 16.0.